The molecule has 0 spiro atoms. The second-order valence-corrected chi connectivity index (χ2v) is 4.42. The van der Waals surface area contributed by atoms with Crippen molar-refractivity contribution in [1.29, 1.82) is 0 Å². The highest BCUT2D eigenvalue weighted by Gasteiger charge is 2.15. The Bertz CT molecular complexity index is 609. The number of halogens is 1. The smallest absolute Gasteiger partial charge is 0.338 e. The summed E-state index contributed by atoms with van der Waals surface area (Å²) in [5.74, 6) is -1.15. The van der Waals surface area contributed by atoms with Crippen molar-refractivity contribution in [3.8, 4) is 0 Å². The Hall–Kier alpha value is -1.95. The molecule has 6 heteroatoms. The van der Waals surface area contributed by atoms with Crippen LogP contribution in [-0.4, -0.2) is 34.3 Å². The van der Waals surface area contributed by atoms with Crippen LogP contribution in [0.3, 0.4) is 0 Å². The van der Waals surface area contributed by atoms with E-state index in [1.165, 1.54) is 6.07 Å². The van der Waals surface area contributed by atoms with E-state index in [1.807, 2.05) is 6.92 Å². The first-order valence-corrected chi connectivity index (χ1v) is 5.95. The molecule has 1 unspecified atom stereocenters. The van der Waals surface area contributed by atoms with E-state index in [2.05, 4.69) is 9.97 Å². The Morgan fingerprint density at radius 3 is 2.95 bits per heavy atom. The number of carbonyl (C=O) groups is 1. The lowest BCUT2D eigenvalue weighted by Gasteiger charge is -2.06. The van der Waals surface area contributed by atoms with Gasteiger partial charge in [-0.25, -0.2) is 14.2 Å². The number of aryl methyl sites for hydroxylation is 1. The third-order valence-corrected chi connectivity index (χ3v) is 3.02. The highest BCUT2D eigenvalue weighted by atomic mass is 19.1. The molecule has 19 heavy (non-hydrogen) atoms. The Balaban J connectivity index is 2.34. The lowest BCUT2D eigenvalue weighted by molar-refractivity contribution is 0.0698. The topological polar surface area (TPSA) is 75.2 Å². The van der Waals surface area contributed by atoms with E-state index < -0.39 is 11.8 Å². The monoisotopic (exact) mass is 266 g/mol. The third kappa shape index (κ3) is 2.90. The molecule has 1 aromatic carbocycles. The van der Waals surface area contributed by atoms with Gasteiger partial charge in [-0.3, -0.25) is 0 Å². The van der Waals surface area contributed by atoms with Crippen LogP contribution in [0.4, 0.5) is 4.39 Å². The van der Waals surface area contributed by atoms with Crippen LogP contribution >= 0.6 is 0 Å². The Labute approximate surface area is 109 Å². The Morgan fingerprint density at radius 2 is 2.32 bits per heavy atom. The van der Waals surface area contributed by atoms with Crippen molar-refractivity contribution in [2.24, 2.45) is 0 Å². The lowest BCUT2D eigenvalue weighted by Crippen LogP contribution is -2.06. The van der Waals surface area contributed by atoms with Crippen molar-refractivity contribution < 1.29 is 19.0 Å². The minimum absolute atomic E-state index is 0.0869. The van der Waals surface area contributed by atoms with Gasteiger partial charge >= 0.3 is 5.97 Å². The number of aromatic carboxylic acids is 1. The number of carboxylic acids is 1. The van der Waals surface area contributed by atoms with Crippen molar-refractivity contribution in [2.45, 2.75) is 25.9 Å². The van der Waals surface area contributed by atoms with Crippen molar-refractivity contribution in [1.82, 2.24) is 9.97 Å². The van der Waals surface area contributed by atoms with Gasteiger partial charge in [-0.05, 0) is 25.5 Å². The van der Waals surface area contributed by atoms with Gasteiger partial charge in [0.1, 0.15) is 17.2 Å². The molecule has 1 atom stereocenters. The molecule has 0 saturated carbocycles. The van der Waals surface area contributed by atoms with Gasteiger partial charge in [0.2, 0.25) is 0 Å². The molecule has 1 aromatic heterocycles. The normalized spacial score (nSPS) is 12.8. The molecular formula is C13H15FN2O3. The fourth-order valence-electron chi connectivity index (χ4n) is 1.87. The summed E-state index contributed by atoms with van der Waals surface area (Å²) in [6.07, 6.45) is 1.45. The molecule has 0 bridgehead atoms. The minimum atomic E-state index is -1.19. The molecule has 0 amide bonds. The molecule has 102 valence electrons. The Kier molecular flexibility index (Phi) is 3.80. The molecule has 1 heterocycles. The first kappa shape index (κ1) is 13.5. The fourth-order valence-corrected chi connectivity index (χ4v) is 1.87. The fraction of sp³-hybridized carbons (Fsp3) is 0.385. The van der Waals surface area contributed by atoms with Gasteiger partial charge in [0.15, 0.2) is 0 Å². The van der Waals surface area contributed by atoms with Gasteiger partial charge in [-0.2, -0.15) is 0 Å². The summed E-state index contributed by atoms with van der Waals surface area (Å²) < 4.78 is 18.4. The summed E-state index contributed by atoms with van der Waals surface area (Å²) in [6, 6.07) is 2.23. The summed E-state index contributed by atoms with van der Waals surface area (Å²) in [5, 5.41) is 9.03. The maximum Gasteiger partial charge on any atom is 0.338 e. The zero-order valence-electron chi connectivity index (χ0n) is 10.7. The number of nitrogens with zero attached hydrogens (tertiary/aromatic N) is 1. The standard InChI is InChI=1S/C13H15FN2O3/c1-7(19-2)3-4-11-15-10-6-8(14)5-9(13(17)18)12(10)16-11/h5-7H,3-4H2,1-2H3,(H,15,16)(H,17,18). The van der Waals surface area contributed by atoms with Gasteiger partial charge in [0, 0.05) is 13.5 Å². The largest absolute Gasteiger partial charge is 0.478 e. The first-order chi connectivity index (χ1) is 9.01. The molecular weight excluding hydrogens is 251 g/mol. The first-order valence-electron chi connectivity index (χ1n) is 5.95. The predicted octanol–water partition coefficient (Wildman–Crippen LogP) is 2.37. The number of imidazole rings is 1. The van der Waals surface area contributed by atoms with E-state index in [1.54, 1.807) is 7.11 Å². The van der Waals surface area contributed by atoms with Crippen LogP contribution < -0.4 is 0 Å². The second-order valence-electron chi connectivity index (χ2n) is 4.42. The van der Waals surface area contributed by atoms with Crippen molar-refractivity contribution in [2.75, 3.05) is 7.11 Å². The zero-order chi connectivity index (χ0) is 14.0. The number of benzene rings is 1. The summed E-state index contributed by atoms with van der Waals surface area (Å²) in [6.45, 7) is 1.94. The average Bonchev–Trinajstić information content (AvgIpc) is 2.77. The average molecular weight is 266 g/mol. The molecule has 0 aliphatic heterocycles. The number of H-pyrrole nitrogens is 1. The number of hydrogen-bond acceptors (Lipinski definition) is 3. The maximum atomic E-state index is 13.3. The molecule has 0 fully saturated rings. The zero-order valence-corrected chi connectivity index (χ0v) is 10.7. The number of methoxy groups -OCH3 is 1. The van der Waals surface area contributed by atoms with Gasteiger partial charge in [0.25, 0.3) is 0 Å². The number of ether oxygens (including phenoxy) is 1. The number of aromatic nitrogens is 2. The number of aromatic amines is 1. The molecule has 0 saturated heterocycles. The van der Waals surface area contributed by atoms with Crippen LogP contribution in [-0.2, 0) is 11.2 Å². The van der Waals surface area contributed by atoms with Crippen LogP contribution in [0.1, 0.15) is 29.5 Å². The van der Waals surface area contributed by atoms with Crippen LogP contribution in [0.15, 0.2) is 12.1 Å². The molecule has 2 N–H and O–H groups in total. The number of fused-ring (bicyclic) bond motifs is 1. The molecule has 0 aliphatic carbocycles. The summed E-state index contributed by atoms with van der Waals surface area (Å²) in [7, 11) is 1.63. The van der Waals surface area contributed by atoms with Gasteiger partial charge < -0.3 is 14.8 Å². The maximum absolute atomic E-state index is 13.3. The molecule has 2 aromatic rings. The van der Waals surface area contributed by atoms with Crippen LogP contribution in [0.2, 0.25) is 0 Å². The summed E-state index contributed by atoms with van der Waals surface area (Å²) in [4.78, 5) is 18.2. The van der Waals surface area contributed by atoms with E-state index >= 15 is 0 Å². The minimum Gasteiger partial charge on any atom is -0.478 e. The van der Waals surface area contributed by atoms with Crippen LogP contribution in [0, 0.1) is 5.82 Å². The van der Waals surface area contributed by atoms with E-state index in [9.17, 15) is 9.18 Å². The van der Waals surface area contributed by atoms with Crippen molar-refractivity contribution >= 4 is 17.0 Å². The third-order valence-electron chi connectivity index (χ3n) is 3.02. The molecule has 2 rings (SSSR count). The predicted molar refractivity (Wildman–Crippen MR) is 67.8 cm³/mol. The second kappa shape index (κ2) is 5.36. The SMILES string of the molecule is COC(C)CCc1nc2c(C(=O)O)cc(F)cc2[nH]1. The number of nitrogens with one attached hydrogen (secondary N) is 1. The van der Waals surface area contributed by atoms with Crippen LogP contribution in [0.5, 0.6) is 0 Å². The van der Waals surface area contributed by atoms with E-state index in [4.69, 9.17) is 9.84 Å². The van der Waals surface area contributed by atoms with E-state index in [0.717, 1.165) is 12.5 Å². The molecule has 0 radical (unpaired) electrons. The van der Waals surface area contributed by atoms with Crippen LogP contribution in [0.25, 0.3) is 11.0 Å². The molecule has 5 nitrogen and oxygen atoms in total. The van der Waals surface area contributed by atoms with E-state index in [0.29, 0.717) is 17.8 Å². The summed E-state index contributed by atoms with van der Waals surface area (Å²) >= 11 is 0. The lowest BCUT2D eigenvalue weighted by atomic mass is 10.2. The van der Waals surface area contributed by atoms with E-state index in [-0.39, 0.29) is 17.2 Å². The van der Waals surface area contributed by atoms with Gasteiger partial charge in [-0.1, -0.05) is 0 Å². The van der Waals surface area contributed by atoms with Gasteiger partial charge in [-0.15, -0.1) is 0 Å². The Morgan fingerprint density at radius 1 is 1.58 bits per heavy atom. The van der Waals surface area contributed by atoms with Gasteiger partial charge in [0.05, 0.1) is 17.2 Å². The summed E-state index contributed by atoms with van der Waals surface area (Å²) in [5.41, 5.74) is 0.559. The quantitative estimate of drug-likeness (QED) is 0.871. The van der Waals surface area contributed by atoms with Crippen molar-refractivity contribution in [3.05, 3.63) is 29.3 Å². The number of rotatable bonds is 5. The highest BCUT2D eigenvalue weighted by Crippen LogP contribution is 2.19. The number of hydrogen-bond donors (Lipinski definition) is 2. The highest BCUT2D eigenvalue weighted by molar-refractivity contribution is 6.00. The molecule has 0 aliphatic rings. The number of carboxylic acid groups (broad SMARTS) is 1. The van der Waals surface area contributed by atoms with Crippen molar-refractivity contribution in [3.63, 3.8) is 0 Å².